The van der Waals surface area contributed by atoms with Gasteiger partial charge in [-0.15, -0.1) is 0 Å². The van der Waals surface area contributed by atoms with E-state index in [2.05, 4.69) is 25.4 Å². The molecule has 2 aromatic carbocycles. The van der Waals surface area contributed by atoms with Crippen LogP contribution in [0, 0.1) is 24.2 Å². The maximum absolute atomic E-state index is 15.4. The van der Waals surface area contributed by atoms with E-state index in [0.29, 0.717) is 62.2 Å². The van der Waals surface area contributed by atoms with Crippen LogP contribution in [0.25, 0.3) is 4.85 Å². The van der Waals surface area contributed by atoms with Gasteiger partial charge < -0.3 is 24.8 Å². The molecule has 0 saturated carbocycles. The molecular weight excluding hydrogens is 801 g/mol. The second kappa shape index (κ2) is 17.1. The standard InChI is InChI=1S/C43H44F4N8O6/c1-48-34-4-2-27(20-32(34)43(45,46)47)53-18-10-26(11-19-53)39(57)50-37-6-3-29(23-49-37)61-28-12-14-52(15-13-28)24-25-8-16-54(17-9-25)36-22-31-30(21-33(36)44)41(59)55(42(31)60)35-5-7-38(56)51-40(35)58/h2-4,6,20-23,25-26,28,35H,5,7-19,24H2,(H,49,50,57)(H,51,56,58). The summed E-state index contributed by atoms with van der Waals surface area (Å²) in [5.74, 6) is -2.35. The smallest absolute Gasteiger partial charge is 0.407 e. The van der Waals surface area contributed by atoms with Crippen molar-refractivity contribution in [3.63, 3.8) is 0 Å². The summed E-state index contributed by atoms with van der Waals surface area (Å²) in [6, 6.07) is 8.53. The van der Waals surface area contributed by atoms with Gasteiger partial charge in [0.05, 0.1) is 35.1 Å². The number of likely N-dealkylation sites (tertiary alicyclic amines) is 1. The number of carbonyl (C=O) groups excluding carboxylic acids is 5. The Morgan fingerprint density at radius 3 is 2.20 bits per heavy atom. The number of fused-ring (bicyclic) bond motifs is 1. The average molecular weight is 845 g/mol. The van der Waals surface area contributed by atoms with Crippen molar-refractivity contribution >= 4 is 52.4 Å². The zero-order valence-corrected chi connectivity index (χ0v) is 33.2. The summed E-state index contributed by atoms with van der Waals surface area (Å²) in [4.78, 5) is 77.7. The van der Waals surface area contributed by atoms with Crippen molar-refractivity contribution in [1.29, 1.82) is 0 Å². The number of rotatable bonds is 9. The van der Waals surface area contributed by atoms with Crippen LogP contribution in [0.3, 0.4) is 0 Å². The molecule has 5 amide bonds. The van der Waals surface area contributed by atoms with Crippen molar-refractivity contribution in [2.45, 2.75) is 69.7 Å². The second-order valence-electron chi connectivity index (χ2n) is 16.3. The molecule has 1 atom stereocenters. The molecule has 6 heterocycles. The number of benzene rings is 2. The molecule has 14 nitrogen and oxygen atoms in total. The minimum absolute atomic E-state index is 0.00130. The minimum atomic E-state index is -4.63. The highest BCUT2D eigenvalue weighted by molar-refractivity contribution is 6.23. The predicted octanol–water partition coefficient (Wildman–Crippen LogP) is 5.81. The number of nitrogens with one attached hydrogen (secondary N) is 2. The van der Waals surface area contributed by atoms with Crippen molar-refractivity contribution in [2.75, 3.05) is 60.9 Å². The fourth-order valence-electron chi connectivity index (χ4n) is 9.04. The second-order valence-corrected chi connectivity index (χ2v) is 16.3. The van der Waals surface area contributed by atoms with Gasteiger partial charge in [0.1, 0.15) is 29.5 Å². The molecule has 1 aromatic heterocycles. The first-order valence-corrected chi connectivity index (χ1v) is 20.6. The number of halogens is 4. The quantitative estimate of drug-likeness (QED) is 0.154. The molecule has 320 valence electrons. The van der Waals surface area contributed by atoms with Crippen LogP contribution in [-0.2, 0) is 20.6 Å². The SMILES string of the molecule is [C-]#[N+]c1ccc(N2CCC(C(=O)Nc3ccc(OC4CCN(CC5CCN(c6cc7c(cc6F)C(=O)N(C6CCC(=O)NC6=O)C7=O)CC5)CC4)cn3)CC2)cc1C(F)(F)F. The topological polar surface area (TPSA) is 149 Å². The monoisotopic (exact) mass is 844 g/mol. The van der Waals surface area contributed by atoms with Crippen LogP contribution in [0.5, 0.6) is 5.75 Å². The summed E-state index contributed by atoms with van der Waals surface area (Å²) in [5, 5.41) is 5.01. The van der Waals surface area contributed by atoms with E-state index < -0.39 is 52.9 Å². The Morgan fingerprint density at radius 1 is 0.869 bits per heavy atom. The molecular formula is C43H44F4N8O6. The van der Waals surface area contributed by atoms with Crippen LogP contribution in [-0.4, -0.2) is 102 Å². The third-order valence-electron chi connectivity index (χ3n) is 12.4. The van der Waals surface area contributed by atoms with Crippen molar-refractivity contribution in [1.82, 2.24) is 20.1 Å². The average Bonchev–Trinajstić information content (AvgIpc) is 3.48. The number of pyridine rings is 1. The van der Waals surface area contributed by atoms with E-state index in [1.807, 2.05) is 4.90 Å². The van der Waals surface area contributed by atoms with Gasteiger partial charge in [0.25, 0.3) is 11.8 Å². The summed E-state index contributed by atoms with van der Waals surface area (Å²) < 4.78 is 62.0. The zero-order chi connectivity index (χ0) is 43.0. The highest BCUT2D eigenvalue weighted by atomic mass is 19.4. The molecule has 4 saturated heterocycles. The number of amides is 5. The van der Waals surface area contributed by atoms with Gasteiger partial charge in [-0.1, -0.05) is 6.07 Å². The number of aromatic nitrogens is 1. The summed E-state index contributed by atoms with van der Waals surface area (Å²) in [5.41, 5.74) is -0.805. The molecule has 4 fully saturated rings. The first kappa shape index (κ1) is 41.6. The van der Waals surface area contributed by atoms with E-state index >= 15 is 4.39 Å². The molecule has 3 aromatic rings. The fourth-order valence-corrected chi connectivity index (χ4v) is 9.04. The van der Waals surface area contributed by atoms with Gasteiger partial charge in [-0.05, 0) is 87.3 Å². The molecule has 0 spiro atoms. The zero-order valence-electron chi connectivity index (χ0n) is 33.2. The van der Waals surface area contributed by atoms with E-state index in [1.165, 1.54) is 18.2 Å². The first-order valence-electron chi connectivity index (χ1n) is 20.6. The summed E-state index contributed by atoms with van der Waals surface area (Å²) >= 11 is 0. The maximum Gasteiger partial charge on any atom is 0.407 e. The van der Waals surface area contributed by atoms with Crippen molar-refractivity contribution in [3.05, 3.63) is 82.6 Å². The molecule has 2 N–H and O–H groups in total. The van der Waals surface area contributed by atoms with Gasteiger partial charge in [0, 0.05) is 63.8 Å². The minimum Gasteiger partial charge on any atom is -0.489 e. The predicted molar refractivity (Wildman–Crippen MR) is 214 cm³/mol. The van der Waals surface area contributed by atoms with Crippen LogP contribution in [0.4, 0.5) is 40.4 Å². The van der Waals surface area contributed by atoms with Gasteiger partial charge in [-0.25, -0.2) is 14.2 Å². The van der Waals surface area contributed by atoms with Gasteiger partial charge in [-0.3, -0.25) is 34.2 Å². The molecule has 0 aliphatic carbocycles. The molecule has 61 heavy (non-hydrogen) atoms. The van der Waals surface area contributed by atoms with Crippen LogP contribution in [0.2, 0.25) is 0 Å². The Labute approximate surface area is 349 Å². The number of hydrogen-bond donors (Lipinski definition) is 2. The molecule has 5 aliphatic rings. The maximum atomic E-state index is 15.4. The number of nitrogens with zero attached hydrogens (tertiary/aromatic N) is 6. The van der Waals surface area contributed by atoms with E-state index in [-0.39, 0.29) is 47.6 Å². The Kier molecular flexibility index (Phi) is 11.7. The van der Waals surface area contributed by atoms with Crippen molar-refractivity contribution in [3.8, 4) is 5.75 Å². The fraction of sp³-hybridized carbons (Fsp3) is 0.465. The van der Waals surface area contributed by atoms with Gasteiger partial charge in [0.2, 0.25) is 17.7 Å². The normalized spacial score (nSPS) is 21.0. The first-order chi connectivity index (χ1) is 29.2. The number of hydrogen-bond acceptors (Lipinski definition) is 10. The molecule has 18 heteroatoms. The lowest BCUT2D eigenvalue weighted by Crippen LogP contribution is -2.54. The van der Waals surface area contributed by atoms with Crippen molar-refractivity contribution in [2.24, 2.45) is 11.8 Å². The molecule has 8 rings (SSSR count). The summed E-state index contributed by atoms with van der Waals surface area (Å²) in [6.07, 6.45) is 1.16. The van der Waals surface area contributed by atoms with Gasteiger partial charge >= 0.3 is 6.18 Å². The largest absolute Gasteiger partial charge is 0.489 e. The Morgan fingerprint density at radius 2 is 1.56 bits per heavy atom. The highest BCUT2D eigenvalue weighted by Gasteiger charge is 2.45. The van der Waals surface area contributed by atoms with Gasteiger partial charge in [-0.2, -0.15) is 13.2 Å². The number of imide groups is 2. The molecule has 1 unspecified atom stereocenters. The highest BCUT2D eigenvalue weighted by Crippen LogP contribution is 2.40. The number of anilines is 3. The third-order valence-corrected chi connectivity index (χ3v) is 12.4. The van der Waals surface area contributed by atoms with E-state index in [9.17, 15) is 37.1 Å². The van der Waals surface area contributed by atoms with Gasteiger partial charge in [0.15, 0.2) is 5.69 Å². The van der Waals surface area contributed by atoms with E-state index in [1.54, 1.807) is 23.2 Å². The molecule has 5 aliphatic heterocycles. The lowest BCUT2D eigenvalue weighted by atomic mass is 9.94. The number of carbonyl (C=O) groups is 5. The third kappa shape index (κ3) is 8.88. The van der Waals surface area contributed by atoms with Crippen LogP contribution in [0.1, 0.15) is 77.6 Å². The lowest BCUT2D eigenvalue weighted by Gasteiger charge is -2.38. The van der Waals surface area contributed by atoms with E-state index in [0.717, 1.165) is 62.4 Å². The van der Waals surface area contributed by atoms with E-state index in [4.69, 9.17) is 11.3 Å². The van der Waals surface area contributed by atoms with Crippen LogP contribution < -0.4 is 25.2 Å². The van der Waals surface area contributed by atoms with Crippen LogP contribution >= 0.6 is 0 Å². The number of ether oxygens (including phenoxy) is 1. The Bertz CT molecular complexity index is 2260. The van der Waals surface area contributed by atoms with Crippen molar-refractivity contribution < 1.29 is 46.3 Å². The number of piperidine rings is 4. The summed E-state index contributed by atoms with van der Waals surface area (Å²) in [6.45, 7) is 11.6. The number of alkyl halides is 3. The lowest BCUT2D eigenvalue weighted by molar-refractivity contribution is -0.137. The Hall–Kier alpha value is -6.09. The summed E-state index contributed by atoms with van der Waals surface area (Å²) in [7, 11) is 0. The Balaban J connectivity index is 0.754. The van der Waals surface area contributed by atoms with Crippen LogP contribution in [0.15, 0.2) is 48.7 Å². The molecule has 0 bridgehead atoms. The molecule has 0 radical (unpaired) electrons.